The van der Waals surface area contributed by atoms with Crippen LogP contribution in [0.4, 0.5) is 0 Å². The average Bonchev–Trinajstić information content (AvgIpc) is 3.27. The Morgan fingerprint density at radius 2 is 1.88 bits per heavy atom. The van der Waals surface area contributed by atoms with Crippen molar-refractivity contribution in [1.29, 1.82) is 0 Å². The Labute approximate surface area is 200 Å². The molecule has 1 aliphatic rings. The van der Waals surface area contributed by atoms with Crippen molar-refractivity contribution in [2.45, 2.75) is 32.7 Å². The van der Waals surface area contributed by atoms with Crippen molar-refractivity contribution in [1.82, 2.24) is 20.0 Å². The highest BCUT2D eigenvalue weighted by Gasteiger charge is 2.23. The molecule has 0 spiro atoms. The molecule has 0 aliphatic carbocycles. The Morgan fingerprint density at radius 3 is 2.62 bits per heavy atom. The molecule has 1 aliphatic heterocycles. The summed E-state index contributed by atoms with van der Waals surface area (Å²) in [6.07, 6.45) is 4.51. The predicted molar refractivity (Wildman–Crippen MR) is 133 cm³/mol. The lowest BCUT2D eigenvalue weighted by atomic mass is 9.97. The van der Waals surface area contributed by atoms with Crippen molar-refractivity contribution < 1.29 is 9.59 Å². The number of aromatic nitrogens is 2. The molecule has 34 heavy (non-hydrogen) atoms. The van der Waals surface area contributed by atoms with Crippen molar-refractivity contribution >= 4 is 11.8 Å². The second kappa shape index (κ2) is 11.1. The van der Waals surface area contributed by atoms with Crippen LogP contribution >= 0.6 is 0 Å². The Hall–Kier alpha value is -3.45. The van der Waals surface area contributed by atoms with E-state index in [1.165, 1.54) is 0 Å². The van der Waals surface area contributed by atoms with E-state index in [0.29, 0.717) is 30.9 Å². The third-order valence-electron chi connectivity index (χ3n) is 6.36. The fourth-order valence-corrected chi connectivity index (χ4v) is 4.45. The molecule has 2 aromatic carbocycles. The number of nitrogens with one attached hydrogen (secondary N) is 1. The van der Waals surface area contributed by atoms with E-state index in [1.54, 1.807) is 0 Å². The summed E-state index contributed by atoms with van der Waals surface area (Å²) in [7, 11) is 0. The molecule has 178 valence electrons. The SMILES string of the molecule is Cc1ccc(-c2nn(Cc3ccccc3)cc2C(=O)NCCCN2CCCC(C(N)=O)C2)cc1. The zero-order valence-electron chi connectivity index (χ0n) is 19.7. The molecule has 1 aromatic heterocycles. The van der Waals surface area contributed by atoms with E-state index in [0.717, 1.165) is 49.0 Å². The minimum Gasteiger partial charge on any atom is -0.369 e. The summed E-state index contributed by atoms with van der Waals surface area (Å²) in [4.78, 5) is 26.9. The topological polar surface area (TPSA) is 93.2 Å². The van der Waals surface area contributed by atoms with Gasteiger partial charge in [-0.25, -0.2) is 0 Å². The van der Waals surface area contributed by atoms with Crippen molar-refractivity contribution in [2.24, 2.45) is 11.7 Å². The molecule has 1 unspecified atom stereocenters. The first-order chi connectivity index (χ1) is 16.5. The van der Waals surface area contributed by atoms with Crippen LogP contribution in [-0.4, -0.2) is 52.7 Å². The van der Waals surface area contributed by atoms with Crippen LogP contribution in [0.3, 0.4) is 0 Å². The van der Waals surface area contributed by atoms with Gasteiger partial charge in [-0.15, -0.1) is 0 Å². The second-order valence-electron chi connectivity index (χ2n) is 9.09. The monoisotopic (exact) mass is 459 g/mol. The van der Waals surface area contributed by atoms with Gasteiger partial charge in [-0.3, -0.25) is 14.3 Å². The molecule has 0 saturated carbocycles. The molecule has 2 heterocycles. The number of benzene rings is 2. The molecule has 2 amide bonds. The minimum atomic E-state index is -0.214. The van der Waals surface area contributed by atoms with Gasteiger partial charge in [0.05, 0.1) is 18.0 Å². The first-order valence-corrected chi connectivity index (χ1v) is 12.0. The predicted octanol–water partition coefficient (Wildman–Crippen LogP) is 3.22. The number of rotatable bonds is 9. The quantitative estimate of drug-likeness (QED) is 0.481. The van der Waals surface area contributed by atoms with Gasteiger partial charge < -0.3 is 16.0 Å². The maximum atomic E-state index is 13.1. The number of carbonyl (C=O) groups is 2. The minimum absolute atomic E-state index is 0.0594. The number of hydrogen-bond acceptors (Lipinski definition) is 4. The van der Waals surface area contributed by atoms with E-state index in [9.17, 15) is 9.59 Å². The van der Waals surface area contributed by atoms with Gasteiger partial charge in [-0.2, -0.15) is 5.10 Å². The molecule has 0 bridgehead atoms. The first kappa shape index (κ1) is 23.7. The summed E-state index contributed by atoms with van der Waals surface area (Å²) in [5, 5.41) is 7.82. The van der Waals surface area contributed by atoms with Crippen molar-refractivity contribution in [3.05, 3.63) is 77.5 Å². The number of hydrogen-bond donors (Lipinski definition) is 2. The Morgan fingerprint density at radius 1 is 1.12 bits per heavy atom. The van der Waals surface area contributed by atoms with Gasteiger partial charge >= 0.3 is 0 Å². The van der Waals surface area contributed by atoms with Crippen LogP contribution in [0, 0.1) is 12.8 Å². The van der Waals surface area contributed by atoms with Gasteiger partial charge in [-0.05, 0) is 44.8 Å². The lowest BCUT2D eigenvalue weighted by Crippen LogP contribution is -2.42. The maximum absolute atomic E-state index is 13.1. The number of piperidine rings is 1. The van der Waals surface area contributed by atoms with Crippen LogP contribution in [0.25, 0.3) is 11.3 Å². The Balaban J connectivity index is 1.41. The molecule has 0 radical (unpaired) electrons. The number of carbonyl (C=O) groups excluding carboxylic acids is 2. The number of likely N-dealkylation sites (tertiary alicyclic amines) is 1. The van der Waals surface area contributed by atoms with Crippen LogP contribution < -0.4 is 11.1 Å². The lowest BCUT2D eigenvalue weighted by molar-refractivity contribution is -0.123. The molecule has 1 atom stereocenters. The largest absolute Gasteiger partial charge is 0.369 e. The fraction of sp³-hybridized carbons (Fsp3) is 0.370. The van der Waals surface area contributed by atoms with E-state index >= 15 is 0 Å². The van der Waals surface area contributed by atoms with Gasteiger partial charge in [0.25, 0.3) is 5.91 Å². The van der Waals surface area contributed by atoms with Gasteiger partial charge in [0.1, 0.15) is 5.69 Å². The van der Waals surface area contributed by atoms with Gasteiger partial charge in [0.15, 0.2) is 0 Å². The molecule has 7 nitrogen and oxygen atoms in total. The normalized spacial score (nSPS) is 16.3. The molecule has 3 N–H and O–H groups in total. The molecular weight excluding hydrogens is 426 g/mol. The molecule has 1 fully saturated rings. The zero-order chi connectivity index (χ0) is 23.9. The molecule has 3 aromatic rings. The number of amides is 2. The number of primary amides is 1. The second-order valence-corrected chi connectivity index (χ2v) is 9.09. The smallest absolute Gasteiger partial charge is 0.255 e. The third-order valence-corrected chi connectivity index (χ3v) is 6.36. The van der Waals surface area contributed by atoms with E-state index in [1.807, 2.05) is 60.3 Å². The number of aryl methyl sites for hydroxylation is 1. The highest BCUT2D eigenvalue weighted by atomic mass is 16.2. The molecule has 4 rings (SSSR count). The Kier molecular flexibility index (Phi) is 7.75. The highest BCUT2D eigenvalue weighted by molar-refractivity contribution is 5.99. The van der Waals surface area contributed by atoms with Crippen molar-refractivity contribution in [3.8, 4) is 11.3 Å². The van der Waals surface area contributed by atoms with Gasteiger partial charge in [0.2, 0.25) is 5.91 Å². The summed E-state index contributed by atoms with van der Waals surface area (Å²) in [6, 6.07) is 18.2. The summed E-state index contributed by atoms with van der Waals surface area (Å²) < 4.78 is 1.83. The Bertz CT molecular complexity index is 1110. The lowest BCUT2D eigenvalue weighted by Gasteiger charge is -2.31. The van der Waals surface area contributed by atoms with E-state index in [2.05, 4.69) is 22.3 Å². The highest BCUT2D eigenvalue weighted by Crippen LogP contribution is 2.23. The fourth-order valence-electron chi connectivity index (χ4n) is 4.45. The maximum Gasteiger partial charge on any atom is 0.255 e. The molecular formula is C27H33N5O2. The van der Waals surface area contributed by atoms with Crippen molar-refractivity contribution in [2.75, 3.05) is 26.2 Å². The zero-order valence-corrected chi connectivity index (χ0v) is 19.7. The number of nitrogens with zero attached hydrogens (tertiary/aromatic N) is 3. The molecule has 1 saturated heterocycles. The van der Waals surface area contributed by atoms with Crippen LogP contribution in [0.2, 0.25) is 0 Å². The standard InChI is InChI=1S/C27H33N5O2/c1-20-10-12-22(13-11-20)25-24(19-32(30-25)17-21-7-3-2-4-8-21)27(34)29-14-6-16-31-15-5-9-23(18-31)26(28)33/h2-4,7-8,10-13,19,23H,5-6,9,14-18H2,1H3,(H2,28,33)(H,29,34). The van der Waals surface area contributed by atoms with E-state index in [-0.39, 0.29) is 17.7 Å². The summed E-state index contributed by atoms with van der Waals surface area (Å²) in [5.74, 6) is -0.395. The first-order valence-electron chi connectivity index (χ1n) is 12.0. The number of nitrogens with two attached hydrogens (primary N) is 1. The van der Waals surface area contributed by atoms with E-state index < -0.39 is 0 Å². The summed E-state index contributed by atoms with van der Waals surface area (Å²) in [5.41, 5.74) is 9.96. The third kappa shape index (κ3) is 6.11. The van der Waals surface area contributed by atoms with E-state index in [4.69, 9.17) is 10.8 Å². The van der Waals surface area contributed by atoms with Crippen molar-refractivity contribution in [3.63, 3.8) is 0 Å². The summed E-state index contributed by atoms with van der Waals surface area (Å²) in [6.45, 7) is 5.73. The van der Waals surface area contributed by atoms with Crippen LogP contribution in [0.5, 0.6) is 0 Å². The van der Waals surface area contributed by atoms with Crippen LogP contribution in [0.1, 0.15) is 40.7 Å². The molecule has 7 heteroatoms. The van der Waals surface area contributed by atoms with Gasteiger partial charge in [-0.1, -0.05) is 60.2 Å². The van der Waals surface area contributed by atoms with Crippen LogP contribution in [0.15, 0.2) is 60.8 Å². The van der Waals surface area contributed by atoms with Gasteiger partial charge in [0, 0.05) is 24.8 Å². The summed E-state index contributed by atoms with van der Waals surface area (Å²) >= 11 is 0. The van der Waals surface area contributed by atoms with Crippen LogP contribution in [-0.2, 0) is 11.3 Å². The average molecular weight is 460 g/mol.